The SMILES string of the molecule is CC(=O)N[C@@H](CC(=O)NNC(=O)CN1C(=O)COc2ccccc21)c1ccccc1. The first-order valence-electron chi connectivity index (χ1n) is 9.36. The standard InChI is InChI=1S/C21H22N4O5/c1-14(26)22-16(15-7-3-2-4-8-15)11-19(27)23-24-20(28)12-25-17-9-5-6-10-18(17)30-13-21(25)29/h2-10,16H,11-13H2,1H3,(H,22,26)(H,23,27)(H,24,28)/t16-/m0/s1. The molecule has 3 rings (SSSR count). The van der Waals surface area contributed by atoms with E-state index in [1.807, 2.05) is 6.07 Å². The zero-order valence-corrected chi connectivity index (χ0v) is 16.4. The number of nitrogens with one attached hydrogen (secondary N) is 3. The molecule has 0 unspecified atom stereocenters. The molecule has 9 nitrogen and oxygen atoms in total. The lowest BCUT2D eigenvalue weighted by atomic mass is 10.0. The Morgan fingerprint density at radius 3 is 2.40 bits per heavy atom. The molecule has 0 fully saturated rings. The summed E-state index contributed by atoms with van der Waals surface area (Å²) in [6, 6.07) is 15.4. The Hall–Kier alpha value is -3.88. The summed E-state index contributed by atoms with van der Waals surface area (Å²) in [5, 5.41) is 2.72. The number of rotatable bonds is 6. The molecule has 1 heterocycles. The van der Waals surface area contributed by atoms with Crippen LogP contribution in [0.25, 0.3) is 0 Å². The minimum atomic E-state index is -0.566. The molecule has 9 heteroatoms. The maximum Gasteiger partial charge on any atom is 0.265 e. The molecule has 3 N–H and O–H groups in total. The number of fused-ring (bicyclic) bond motifs is 1. The fourth-order valence-corrected chi connectivity index (χ4v) is 3.07. The molecule has 156 valence electrons. The number of hydrogen-bond acceptors (Lipinski definition) is 5. The summed E-state index contributed by atoms with van der Waals surface area (Å²) in [5.74, 6) is -1.17. The topological polar surface area (TPSA) is 117 Å². The number of ether oxygens (including phenoxy) is 1. The number of hydrogen-bond donors (Lipinski definition) is 3. The van der Waals surface area contributed by atoms with Gasteiger partial charge in [-0.1, -0.05) is 42.5 Å². The van der Waals surface area contributed by atoms with Crippen LogP contribution < -0.4 is 25.8 Å². The van der Waals surface area contributed by atoms with Gasteiger partial charge in [0, 0.05) is 6.92 Å². The Morgan fingerprint density at radius 2 is 1.67 bits per heavy atom. The van der Waals surface area contributed by atoms with Crippen LogP contribution in [0, 0.1) is 0 Å². The highest BCUT2D eigenvalue weighted by Gasteiger charge is 2.27. The Labute approximate surface area is 173 Å². The number of carbonyl (C=O) groups is 4. The average molecular weight is 410 g/mol. The molecule has 0 saturated carbocycles. The van der Waals surface area contributed by atoms with Crippen LogP contribution >= 0.6 is 0 Å². The summed E-state index contributed by atoms with van der Waals surface area (Å²) in [7, 11) is 0. The van der Waals surface area contributed by atoms with Gasteiger partial charge in [0.2, 0.25) is 11.8 Å². The van der Waals surface area contributed by atoms with Crippen LogP contribution in [0.15, 0.2) is 54.6 Å². The quantitative estimate of drug-likeness (QED) is 0.610. The molecule has 4 amide bonds. The van der Waals surface area contributed by atoms with Gasteiger partial charge in [-0.15, -0.1) is 0 Å². The molecule has 0 bridgehead atoms. The van der Waals surface area contributed by atoms with E-state index in [1.54, 1.807) is 48.5 Å². The van der Waals surface area contributed by atoms with E-state index in [-0.39, 0.29) is 31.4 Å². The molecule has 0 spiro atoms. The molecule has 1 atom stereocenters. The fraction of sp³-hybridized carbons (Fsp3) is 0.238. The maximum absolute atomic E-state index is 12.3. The third-order valence-electron chi connectivity index (χ3n) is 4.42. The molecule has 1 aliphatic heterocycles. The van der Waals surface area contributed by atoms with Crippen molar-refractivity contribution in [2.45, 2.75) is 19.4 Å². The normalized spacial score (nSPS) is 13.5. The van der Waals surface area contributed by atoms with Gasteiger partial charge in [-0.2, -0.15) is 0 Å². The van der Waals surface area contributed by atoms with Crippen LogP contribution in [0.4, 0.5) is 5.69 Å². The van der Waals surface area contributed by atoms with Crippen molar-refractivity contribution in [3.63, 3.8) is 0 Å². The van der Waals surface area contributed by atoms with E-state index in [2.05, 4.69) is 16.2 Å². The second-order valence-electron chi connectivity index (χ2n) is 6.70. The van der Waals surface area contributed by atoms with E-state index >= 15 is 0 Å². The first-order chi connectivity index (χ1) is 14.4. The van der Waals surface area contributed by atoms with Crippen LogP contribution in [0.3, 0.4) is 0 Å². The molecule has 2 aromatic carbocycles. The van der Waals surface area contributed by atoms with Crippen molar-refractivity contribution in [1.82, 2.24) is 16.2 Å². The van der Waals surface area contributed by atoms with Crippen LogP contribution in [0.5, 0.6) is 5.75 Å². The summed E-state index contributed by atoms with van der Waals surface area (Å²) >= 11 is 0. The lowest BCUT2D eigenvalue weighted by molar-refractivity contribution is -0.129. The Morgan fingerprint density at radius 1 is 1.00 bits per heavy atom. The number of benzene rings is 2. The molecule has 1 aliphatic rings. The predicted octanol–water partition coefficient (Wildman–Crippen LogP) is 0.827. The van der Waals surface area contributed by atoms with Gasteiger partial charge in [-0.3, -0.25) is 34.9 Å². The van der Waals surface area contributed by atoms with Gasteiger partial charge in [0.15, 0.2) is 6.61 Å². The van der Waals surface area contributed by atoms with Gasteiger partial charge in [0.25, 0.3) is 11.8 Å². The molecule has 0 radical (unpaired) electrons. The van der Waals surface area contributed by atoms with Gasteiger partial charge in [-0.05, 0) is 17.7 Å². The molecular formula is C21H22N4O5. The predicted molar refractivity (Wildman–Crippen MR) is 108 cm³/mol. The lowest BCUT2D eigenvalue weighted by Gasteiger charge is -2.28. The second kappa shape index (κ2) is 9.55. The minimum absolute atomic E-state index is 0.0663. The number of para-hydroxylation sites is 2. The first kappa shape index (κ1) is 20.8. The van der Waals surface area contributed by atoms with Crippen molar-refractivity contribution in [3.8, 4) is 5.75 Å². The molecule has 0 aromatic heterocycles. The van der Waals surface area contributed by atoms with E-state index in [9.17, 15) is 19.2 Å². The van der Waals surface area contributed by atoms with Gasteiger partial charge < -0.3 is 10.1 Å². The molecular weight excluding hydrogens is 388 g/mol. The van der Waals surface area contributed by atoms with Gasteiger partial charge in [0.1, 0.15) is 12.3 Å². The van der Waals surface area contributed by atoms with E-state index in [0.29, 0.717) is 11.4 Å². The summed E-state index contributed by atoms with van der Waals surface area (Å²) in [6.07, 6.45) is -0.0663. The first-order valence-corrected chi connectivity index (χ1v) is 9.36. The van der Waals surface area contributed by atoms with Crippen LogP contribution in [-0.4, -0.2) is 36.8 Å². The second-order valence-corrected chi connectivity index (χ2v) is 6.70. The third-order valence-corrected chi connectivity index (χ3v) is 4.42. The average Bonchev–Trinajstić information content (AvgIpc) is 2.74. The number of nitrogens with zero attached hydrogens (tertiary/aromatic N) is 1. The summed E-state index contributed by atoms with van der Waals surface area (Å²) in [6.45, 7) is 0.937. The van der Waals surface area contributed by atoms with Gasteiger partial charge in [-0.25, -0.2) is 0 Å². The number of anilines is 1. The Balaban J connectivity index is 1.56. The van der Waals surface area contributed by atoms with Crippen LogP contribution in [0.2, 0.25) is 0 Å². The van der Waals surface area contributed by atoms with Crippen molar-refractivity contribution in [3.05, 3.63) is 60.2 Å². The Bertz CT molecular complexity index is 947. The molecule has 0 saturated heterocycles. The van der Waals surface area contributed by atoms with Crippen molar-refractivity contribution in [2.24, 2.45) is 0 Å². The smallest absolute Gasteiger partial charge is 0.265 e. The third kappa shape index (κ3) is 5.34. The highest BCUT2D eigenvalue weighted by Crippen LogP contribution is 2.31. The lowest BCUT2D eigenvalue weighted by Crippen LogP contribution is -2.50. The van der Waals surface area contributed by atoms with Crippen molar-refractivity contribution < 1.29 is 23.9 Å². The van der Waals surface area contributed by atoms with E-state index < -0.39 is 17.9 Å². The largest absolute Gasteiger partial charge is 0.482 e. The monoisotopic (exact) mass is 410 g/mol. The van der Waals surface area contributed by atoms with Crippen molar-refractivity contribution >= 4 is 29.3 Å². The maximum atomic E-state index is 12.3. The van der Waals surface area contributed by atoms with Crippen LogP contribution in [-0.2, 0) is 19.2 Å². The van der Waals surface area contributed by atoms with Gasteiger partial charge in [0.05, 0.1) is 18.2 Å². The minimum Gasteiger partial charge on any atom is -0.482 e. The van der Waals surface area contributed by atoms with E-state index in [4.69, 9.17) is 4.74 Å². The van der Waals surface area contributed by atoms with Gasteiger partial charge >= 0.3 is 0 Å². The number of amides is 4. The molecule has 2 aromatic rings. The van der Waals surface area contributed by atoms with Crippen molar-refractivity contribution in [1.29, 1.82) is 0 Å². The zero-order chi connectivity index (χ0) is 21.5. The zero-order valence-electron chi connectivity index (χ0n) is 16.4. The van der Waals surface area contributed by atoms with E-state index in [1.165, 1.54) is 11.8 Å². The van der Waals surface area contributed by atoms with E-state index in [0.717, 1.165) is 5.56 Å². The highest BCUT2D eigenvalue weighted by atomic mass is 16.5. The fourth-order valence-electron chi connectivity index (χ4n) is 3.07. The number of carbonyl (C=O) groups excluding carboxylic acids is 4. The number of hydrazine groups is 1. The molecule has 30 heavy (non-hydrogen) atoms. The summed E-state index contributed by atoms with van der Waals surface area (Å²) in [4.78, 5) is 49.5. The molecule has 0 aliphatic carbocycles. The van der Waals surface area contributed by atoms with Crippen molar-refractivity contribution in [2.75, 3.05) is 18.1 Å². The summed E-state index contributed by atoms with van der Waals surface area (Å²) < 4.78 is 5.34. The summed E-state index contributed by atoms with van der Waals surface area (Å²) in [5.41, 5.74) is 5.89. The Kier molecular flexibility index (Phi) is 6.63. The highest BCUT2D eigenvalue weighted by molar-refractivity contribution is 6.02. The van der Waals surface area contributed by atoms with Crippen LogP contribution in [0.1, 0.15) is 24.9 Å².